The summed E-state index contributed by atoms with van der Waals surface area (Å²) < 4.78 is 77.0. The Bertz CT molecular complexity index is 1320. The van der Waals surface area contributed by atoms with Crippen molar-refractivity contribution in [2.75, 3.05) is 37.8 Å². The predicted molar refractivity (Wildman–Crippen MR) is 115 cm³/mol. The number of aromatic nitrogens is 5. The smallest absolute Gasteiger partial charge is 0.282 e. The standard InChI is InChI=1S/C19H24F2N8O2S/c1-12-15(10-25-32(3,30)31)27(2)6-7-28(12)18-8-14(23-11-24-18)16-9-22-17-5-4-13(19(20)21)26-29(16)17/h4-5,8-9,11-12,15,19,25H,6-7,10H2,1-3H3/i2D3. The summed E-state index contributed by atoms with van der Waals surface area (Å²) in [5.74, 6) is 0.469. The minimum Gasteiger partial charge on any atom is -0.351 e. The number of imidazole rings is 1. The van der Waals surface area contributed by atoms with E-state index in [1.807, 2.05) is 4.90 Å². The van der Waals surface area contributed by atoms with Crippen LogP contribution in [0.4, 0.5) is 14.6 Å². The average molecular weight is 470 g/mol. The summed E-state index contributed by atoms with van der Waals surface area (Å²) in [6, 6.07) is 3.18. The molecule has 4 rings (SSSR count). The Labute approximate surface area is 188 Å². The van der Waals surface area contributed by atoms with Crippen LogP contribution in [0.1, 0.15) is 23.2 Å². The van der Waals surface area contributed by atoms with E-state index >= 15 is 0 Å². The third kappa shape index (κ3) is 4.54. The largest absolute Gasteiger partial charge is 0.351 e. The van der Waals surface area contributed by atoms with Crippen molar-refractivity contribution >= 4 is 21.5 Å². The average Bonchev–Trinajstić information content (AvgIpc) is 3.20. The Morgan fingerprint density at radius 1 is 1.28 bits per heavy atom. The zero-order chi connectivity index (χ0) is 25.5. The molecule has 10 nitrogen and oxygen atoms in total. The summed E-state index contributed by atoms with van der Waals surface area (Å²) in [7, 11) is -3.54. The molecule has 1 aliphatic rings. The zero-order valence-corrected chi connectivity index (χ0v) is 18.2. The number of anilines is 1. The summed E-state index contributed by atoms with van der Waals surface area (Å²) in [6.45, 7) is -0.261. The summed E-state index contributed by atoms with van der Waals surface area (Å²) in [6.07, 6.45) is 1.05. The van der Waals surface area contributed by atoms with Crippen molar-refractivity contribution < 1.29 is 21.3 Å². The number of fused-ring (bicyclic) bond motifs is 1. The lowest BCUT2D eigenvalue weighted by Crippen LogP contribution is -2.60. The van der Waals surface area contributed by atoms with E-state index < -0.39 is 41.2 Å². The lowest BCUT2D eigenvalue weighted by molar-refractivity contribution is 0.144. The molecule has 0 bridgehead atoms. The highest BCUT2D eigenvalue weighted by Crippen LogP contribution is 2.26. The van der Waals surface area contributed by atoms with E-state index in [2.05, 4.69) is 24.8 Å². The number of likely N-dealkylation sites (N-methyl/N-ethyl adjacent to an activating group) is 1. The van der Waals surface area contributed by atoms with Crippen molar-refractivity contribution in [1.29, 1.82) is 0 Å². The number of nitrogens with zero attached hydrogens (tertiary/aromatic N) is 7. The molecule has 2 atom stereocenters. The van der Waals surface area contributed by atoms with Crippen molar-refractivity contribution in [1.82, 2.24) is 34.2 Å². The summed E-state index contributed by atoms with van der Waals surface area (Å²) in [5.41, 5.74) is 0.741. The molecule has 0 spiro atoms. The van der Waals surface area contributed by atoms with E-state index in [1.165, 1.54) is 34.1 Å². The number of nitrogens with one attached hydrogen (secondary N) is 1. The second-order valence-electron chi connectivity index (χ2n) is 7.55. The molecular weight excluding hydrogens is 442 g/mol. The van der Waals surface area contributed by atoms with E-state index in [9.17, 15) is 17.2 Å². The van der Waals surface area contributed by atoms with Gasteiger partial charge in [0.2, 0.25) is 10.0 Å². The first-order chi connectivity index (χ1) is 16.3. The fraction of sp³-hybridized carbons (Fsp3) is 0.474. The van der Waals surface area contributed by atoms with Gasteiger partial charge in [0.05, 0.1) is 18.1 Å². The molecule has 3 aromatic rings. The van der Waals surface area contributed by atoms with Gasteiger partial charge in [0.1, 0.15) is 23.5 Å². The maximum absolute atomic E-state index is 13.2. The van der Waals surface area contributed by atoms with Crippen molar-refractivity contribution in [3.05, 3.63) is 36.4 Å². The molecule has 2 unspecified atom stereocenters. The Balaban J connectivity index is 1.67. The number of hydrogen-bond acceptors (Lipinski definition) is 8. The van der Waals surface area contributed by atoms with Crippen molar-refractivity contribution in [3.8, 4) is 11.4 Å². The van der Waals surface area contributed by atoms with Gasteiger partial charge in [0.15, 0.2) is 5.65 Å². The molecule has 13 heteroatoms. The molecule has 0 aromatic carbocycles. The number of halogens is 2. The molecule has 1 saturated heterocycles. The first-order valence-corrected chi connectivity index (χ1v) is 11.7. The van der Waals surface area contributed by atoms with Crippen LogP contribution in [0.2, 0.25) is 0 Å². The van der Waals surface area contributed by atoms with E-state index in [0.29, 0.717) is 29.4 Å². The number of sulfonamides is 1. The highest BCUT2D eigenvalue weighted by Gasteiger charge is 2.33. The lowest BCUT2D eigenvalue weighted by atomic mass is 10.0. The summed E-state index contributed by atoms with van der Waals surface area (Å²) >= 11 is 0. The lowest BCUT2D eigenvalue weighted by Gasteiger charge is -2.45. The topological polar surface area (TPSA) is 109 Å². The molecule has 0 saturated carbocycles. The van der Waals surface area contributed by atoms with Crippen molar-refractivity contribution in [3.63, 3.8) is 0 Å². The molecule has 1 aliphatic heterocycles. The maximum atomic E-state index is 13.2. The van der Waals surface area contributed by atoms with Gasteiger partial charge < -0.3 is 4.90 Å². The Hall–Kier alpha value is -2.77. The van der Waals surface area contributed by atoms with Gasteiger partial charge in [0, 0.05) is 41.9 Å². The third-order valence-electron chi connectivity index (χ3n) is 5.40. The van der Waals surface area contributed by atoms with Crippen LogP contribution in [0.15, 0.2) is 30.7 Å². The van der Waals surface area contributed by atoms with Gasteiger partial charge in [-0.3, -0.25) is 4.90 Å². The fourth-order valence-corrected chi connectivity index (χ4v) is 4.19. The van der Waals surface area contributed by atoms with Gasteiger partial charge in [0.25, 0.3) is 6.43 Å². The number of rotatable bonds is 6. The van der Waals surface area contributed by atoms with Crippen LogP contribution in [0.3, 0.4) is 0 Å². The Morgan fingerprint density at radius 2 is 2.09 bits per heavy atom. The number of alkyl halides is 2. The molecule has 0 radical (unpaired) electrons. The van der Waals surface area contributed by atoms with Crippen LogP contribution < -0.4 is 9.62 Å². The van der Waals surface area contributed by atoms with Gasteiger partial charge in [-0.1, -0.05) is 0 Å². The van der Waals surface area contributed by atoms with Crippen LogP contribution in [0.5, 0.6) is 0 Å². The highest BCUT2D eigenvalue weighted by atomic mass is 32.2. The molecule has 0 aliphatic carbocycles. The Kier molecular flexibility index (Phi) is 5.07. The summed E-state index contributed by atoms with van der Waals surface area (Å²) in [5, 5.41) is 3.96. The van der Waals surface area contributed by atoms with E-state index in [1.54, 1.807) is 13.0 Å². The van der Waals surface area contributed by atoms with Crippen LogP contribution >= 0.6 is 0 Å². The zero-order valence-electron chi connectivity index (χ0n) is 20.4. The first kappa shape index (κ1) is 18.8. The second kappa shape index (κ2) is 8.64. The third-order valence-corrected chi connectivity index (χ3v) is 6.09. The quantitative estimate of drug-likeness (QED) is 0.573. The normalized spacial score (nSPS) is 22.2. The van der Waals surface area contributed by atoms with Gasteiger partial charge in [-0.05, 0) is 26.0 Å². The Morgan fingerprint density at radius 3 is 2.81 bits per heavy atom. The SMILES string of the molecule is [2H]C([2H])([2H])N1CCN(c2cc(-c3cnc4ccc(C(F)F)nn34)ncn2)C(C)C1CNS(C)(=O)=O. The maximum Gasteiger partial charge on any atom is 0.282 e. The predicted octanol–water partition coefficient (Wildman–Crippen LogP) is 1.18. The van der Waals surface area contributed by atoms with Crippen LogP contribution in [-0.2, 0) is 10.0 Å². The van der Waals surface area contributed by atoms with E-state index in [0.717, 1.165) is 6.26 Å². The molecule has 3 aromatic heterocycles. The molecule has 4 heterocycles. The van der Waals surface area contributed by atoms with Gasteiger partial charge in [-0.15, -0.1) is 0 Å². The highest BCUT2D eigenvalue weighted by molar-refractivity contribution is 7.88. The molecule has 1 N–H and O–H groups in total. The fourth-order valence-electron chi connectivity index (χ4n) is 3.72. The van der Waals surface area contributed by atoms with Crippen LogP contribution in [-0.4, -0.2) is 82.8 Å². The number of piperazine rings is 1. The van der Waals surface area contributed by atoms with E-state index in [-0.39, 0.29) is 13.1 Å². The van der Waals surface area contributed by atoms with Gasteiger partial charge >= 0.3 is 0 Å². The van der Waals surface area contributed by atoms with E-state index in [4.69, 9.17) is 4.11 Å². The molecule has 0 amide bonds. The minimum atomic E-state index is -3.54. The molecule has 172 valence electrons. The second-order valence-corrected chi connectivity index (χ2v) is 9.38. The number of hydrogen-bond donors (Lipinski definition) is 1. The van der Waals surface area contributed by atoms with Gasteiger partial charge in [-0.25, -0.2) is 41.4 Å². The monoisotopic (exact) mass is 469 g/mol. The molecule has 1 fully saturated rings. The first-order valence-electron chi connectivity index (χ1n) is 11.3. The molecule has 32 heavy (non-hydrogen) atoms. The van der Waals surface area contributed by atoms with Crippen molar-refractivity contribution in [2.45, 2.75) is 25.4 Å². The summed E-state index contributed by atoms with van der Waals surface area (Å²) in [4.78, 5) is 15.9. The minimum absolute atomic E-state index is 0.0968. The van der Waals surface area contributed by atoms with Crippen molar-refractivity contribution in [2.24, 2.45) is 0 Å². The van der Waals surface area contributed by atoms with Crippen LogP contribution in [0.25, 0.3) is 17.0 Å². The molecular formula is C19H24F2N8O2S. The van der Waals surface area contributed by atoms with Gasteiger partial charge in [-0.2, -0.15) is 5.10 Å². The van der Waals surface area contributed by atoms with Crippen LogP contribution in [0, 0.1) is 0 Å².